The average molecular weight is 308 g/mol. The summed E-state index contributed by atoms with van der Waals surface area (Å²) in [6.45, 7) is 0. The molecule has 0 aliphatic carbocycles. The molecule has 2 rings (SSSR count). The van der Waals surface area contributed by atoms with E-state index in [4.69, 9.17) is 9.84 Å². The molecule has 4 heteroatoms. The summed E-state index contributed by atoms with van der Waals surface area (Å²) in [7, 11) is 1.59. The smallest absolute Gasteiger partial charge is 0.335 e. The second kappa shape index (κ2) is 7.75. The molecule has 0 aliphatic rings. The maximum atomic E-state index is 11.8. The molecule has 0 saturated carbocycles. The van der Waals surface area contributed by atoms with E-state index in [9.17, 15) is 9.59 Å². The number of ether oxygens (including phenoxy) is 1. The van der Waals surface area contributed by atoms with Gasteiger partial charge in [-0.05, 0) is 47.5 Å². The minimum absolute atomic E-state index is 0.157. The molecular formula is C19H16O4. The number of benzene rings is 2. The molecule has 0 unspecified atom stereocenters. The van der Waals surface area contributed by atoms with E-state index in [1.165, 1.54) is 24.3 Å². The van der Waals surface area contributed by atoms with Gasteiger partial charge in [-0.3, -0.25) is 4.79 Å². The first-order valence-electron chi connectivity index (χ1n) is 6.96. The number of aromatic carboxylic acids is 1. The first kappa shape index (κ1) is 16.2. The van der Waals surface area contributed by atoms with Gasteiger partial charge >= 0.3 is 5.97 Å². The van der Waals surface area contributed by atoms with Crippen molar-refractivity contribution in [1.82, 2.24) is 0 Å². The van der Waals surface area contributed by atoms with E-state index in [0.29, 0.717) is 0 Å². The van der Waals surface area contributed by atoms with Crippen molar-refractivity contribution in [3.8, 4) is 5.75 Å². The van der Waals surface area contributed by atoms with Crippen LogP contribution in [0.3, 0.4) is 0 Å². The first-order valence-corrected chi connectivity index (χ1v) is 6.96. The molecule has 0 aromatic heterocycles. The van der Waals surface area contributed by atoms with Gasteiger partial charge in [0.2, 0.25) is 0 Å². The highest BCUT2D eigenvalue weighted by atomic mass is 16.5. The second-order valence-electron chi connectivity index (χ2n) is 4.77. The van der Waals surface area contributed by atoms with Crippen molar-refractivity contribution in [3.05, 3.63) is 77.4 Å². The Balaban J connectivity index is 2.00. The summed E-state index contributed by atoms with van der Waals surface area (Å²) in [5.74, 6) is -0.401. The molecule has 0 spiro atoms. The summed E-state index contributed by atoms with van der Waals surface area (Å²) < 4.78 is 5.12. The molecule has 2 aromatic rings. The molecule has 0 fully saturated rings. The second-order valence-corrected chi connectivity index (χ2v) is 4.77. The summed E-state index contributed by atoms with van der Waals surface area (Å²) >= 11 is 0. The number of carbonyl (C=O) groups is 2. The Morgan fingerprint density at radius 1 is 0.957 bits per heavy atom. The minimum Gasteiger partial charge on any atom is -0.497 e. The van der Waals surface area contributed by atoms with Crippen molar-refractivity contribution in [2.75, 3.05) is 7.11 Å². The largest absolute Gasteiger partial charge is 0.497 e. The first-order chi connectivity index (χ1) is 11.1. The van der Waals surface area contributed by atoms with Gasteiger partial charge in [-0.2, -0.15) is 0 Å². The van der Waals surface area contributed by atoms with E-state index in [-0.39, 0.29) is 11.3 Å². The fourth-order valence-corrected chi connectivity index (χ4v) is 1.89. The number of ketones is 1. The predicted molar refractivity (Wildman–Crippen MR) is 89.5 cm³/mol. The van der Waals surface area contributed by atoms with Gasteiger partial charge in [0, 0.05) is 0 Å². The SMILES string of the molecule is COc1cccc(C=CC(=O)C=Cc2ccc(C(=O)O)cc2)c1. The van der Waals surface area contributed by atoms with Crippen LogP contribution in [0.2, 0.25) is 0 Å². The summed E-state index contributed by atoms with van der Waals surface area (Å²) in [4.78, 5) is 22.6. The summed E-state index contributed by atoms with van der Waals surface area (Å²) in [6, 6.07) is 13.7. The molecule has 0 radical (unpaired) electrons. The molecule has 116 valence electrons. The van der Waals surface area contributed by atoms with Gasteiger partial charge in [0.1, 0.15) is 5.75 Å². The normalized spacial score (nSPS) is 11.0. The van der Waals surface area contributed by atoms with Crippen molar-refractivity contribution >= 4 is 23.9 Å². The molecule has 0 amide bonds. The van der Waals surface area contributed by atoms with Crippen LogP contribution in [0.1, 0.15) is 21.5 Å². The lowest BCUT2D eigenvalue weighted by Crippen LogP contribution is -1.94. The number of rotatable bonds is 6. The number of carboxylic acid groups (broad SMARTS) is 1. The zero-order valence-electron chi connectivity index (χ0n) is 12.6. The van der Waals surface area contributed by atoms with Crippen LogP contribution in [0, 0.1) is 0 Å². The number of hydrogen-bond donors (Lipinski definition) is 1. The third-order valence-corrected chi connectivity index (χ3v) is 3.13. The number of hydrogen-bond acceptors (Lipinski definition) is 3. The van der Waals surface area contributed by atoms with E-state index < -0.39 is 5.97 Å². The summed E-state index contributed by atoms with van der Waals surface area (Å²) in [6.07, 6.45) is 6.26. The maximum absolute atomic E-state index is 11.8. The van der Waals surface area contributed by atoms with Crippen molar-refractivity contribution in [2.45, 2.75) is 0 Å². The van der Waals surface area contributed by atoms with Crippen LogP contribution in [-0.4, -0.2) is 24.0 Å². The molecule has 1 N–H and O–H groups in total. The zero-order valence-corrected chi connectivity index (χ0v) is 12.6. The van der Waals surface area contributed by atoms with E-state index in [2.05, 4.69) is 0 Å². The average Bonchev–Trinajstić information content (AvgIpc) is 2.58. The molecule has 4 nitrogen and oxygen atoms in total. The predicted octanol–water partition coefficient (Wildman–Crippen LogP) is 3.69. The van der Waals surface area contributed by atoms with Gasteiger partial charge in [-0.25, -0.2) is 4.79 Å². The Hall–Kier alpha value is -3.14. The van der Waals surface area contributed by atoms with Crippen molar-refractivity contribution < 1.29 is 19.4 Å². The Bertz CT molecular complexity index is 755. The molecule has 0 heterocycles. The number of allylic oxidation sites excluding steroid dienone is 2. The van der Waals surface area contributed by atoms with E-state index in [0.717, 1.165) is 16.9 Å². The third kappa shape index (κ3) is 4.97. The van der Waals surface area contributed by atoms with Crippen LogP contribution in [0.25, 0.3) is 12.2 Å². The Morgan fingerprint density at radius 3 is 2.22 bits per heavy atom. The fourth-order valence-electron chi connectivity index (χ4n) is 1.89. The van der Waals surface area contributed by atoms with Crippen molar-refractivity contribution in [2.24, 2.45) is 0 Å². The monoisotopic (exact) mass is 308 g/mol. The van der Waals surface area contributed by atoms with E-state index in [1.54, 1.807) is 31.4 Å². The maximum Gasteiger partial charge on any atom is 0.335 e. The topological polar surface area (TPSA) is 63.6 Å². The van der Waals surface area contributed by atoms with Gasteiger partial charge in [0.25, 0.3) is 0 Å². The molecular weight excluding hydrogens is 292 g/mol. The molecule has 0 saturated heterocycles. The standard InChI is InChI=1S/C19H16O4/c1-23-18-4-2-3-15(13-18)8-12-17(20)11-7-14-5-9-16(10-6-14)19(21)22/h2-13H,1H3,(H,21,22). The Morgan fingerprint density at radius 2 is 1.61 bits per heavy atom. The van der Waals surface area contributed by atoms with E-state index in [1.807, 2.05) is 24.3 Å². The van der Waals surface area contributed by atoms with Crippen LogP contribution < -0.4 is 4.74 Å². The van der Waals surface area contributed by atoms with Crippen LogP contribution in [-0.2, 0) is 4.79 Å². The number of carboxylic acids is 1. The quantitative estimate of drug-likeness (QED) is 0.827. The minimum atomic E-state index is -0.974. The molecule has 23 heavy (non-hydrogen) atoms. The number of methoxy groups -OCH3 is 1. The number of carbonyl (C=O) groups excluding carboxylic acids is 1. The third-order valence-electron chi connectivity index (χ3n) is 3.13. The highest BCUT2D eigenvalue weighted by Crippen LogP contribution is 2.13. The summed E-state index contributed by atoms with van der Waals surface area (Å²) in [5, 5.41) is 8.82. The van der Waals surface area contributed by atoms with Gasteiger partial charge in [0.05, 0.1) is 12.7 Å². The van der Waals surface area contributed by atoms with Gasteiger partial charge in [-0.1, -0.05) is 36.4 Å². The highest BCUT2D eigenvalue weighted by Gasteiger charge is 2.00. The van der Waals surface area contributed by atoms with Gasteiger partial charge in [-0.15, -0.1) is 0 Å². The summed E-state index contributed by atoms with van der Waals surface area (Å²) in [5.41, 5.74) is 1.85. The van der Waals surface area contributed by atoms with Crippen LogP contribution in [0.15, 0.2) is 60.7 Å². The molecule has 0 bridgehead atoms. The Kier molecular flexibility index (Phi) is 5.47. The molecule has 2 aromatic carbocycles. The molecule has 0 atom stereocenters. The van der Waals surface area contributed by atoms with Crippen LogP contribution in [0.5, 0.6) is 5.75 Å². The van der Waals surface area contributed by atoms with Crippen molar-refractivity contribution in [1.29, 1.82) is 0 Å². The van der Waals surface area contributed by atoms with Crippen LogP contribution >= 0.6 is 0 Å². The van der Waals surface area contributed by atoms with Crippen molar-refractivity contribution in [3.63, 3.8) is 0 Å². The van der Waals surface area contributed by atoms with Crippen LogP contribution in [0.4, 0.5) is 0 Å². The van der Waals surface area contributed by atoms with Gasteiger partial charge in [0.15, 0.2) is 5.78 Å². The lowest BCUT2D eigenvalue weighted by Gasteiger charge is -1.99. The van der Waals surface area contributed by atoms with Gasteiger partial charge < -0.3 is 9.84 Å². The molecule has 0 aliphatic heterocycles. The zero-order chi connectivity index (χ0) is 16.7. The fraction of sp³-hybridized carbons (Fsp3) is 0.0526. The lowest BCUT2D eigenvalue weighted by atomic mass is 10.1. The highest BCUT2D eigenvalue weighted by molar-refractivity contribution is 6.04. The lowest BCUT2D eigenvalue weighted by molar-refractivity contribution is -0.110. The van der Waals surface area contributed by atoms with E-state index >= 15 is 0 Å². The Labute approximate surface area is 134 Å².